The van der Waals surface area contributed by atoms with E-state index in [0.717, 1.165) is 35.1 Å². The number of hydrogen-bond donors (Lipinski definition) is 1. The highest BCUT2D eigenvalue weighted by molar-refractivity contribution is 5.74. The fraction of sp³-hybridized carbons (Fsp3) is 0.353. The van der Waals surface area contributed by atoms with Crippen LogP contribution in [0.15, 0.2) is 30.9 Å². The quantitative estimate of drug-likeness (QED) is 0.581. The topological polar surface area (TPSA) is 102 Å². The zero-order valence-electron chi connectivity index (χ0n) is 15.1. The van der Waals surface area contributed by atoms with Gasteiger partial charge in [-0.2, -0.15) is 20.2 Å². The van der Waals surface area contributed by atoms with Crippen LogP contribution in [0.5, 0.6) is 0 Å². The number of nitrogens with one attached hydrogen (secondary N) is 1. The highest BCUT2D eigenvalue weighted by atomic mass is 16.5. The van der Waals surface area contributed by atoms with Gasteiger partial charge in [0.25, 0.3) is 0 Å². The summed E-state index contributed by atoms with van der Waals surface area (Å²) in [6, 6.07) is 4.01. The lowest BCUT2D eigenvalue weighted by Crippen LogP contribution is -2.44. The normalized spacial score (nSPS) is 17.7. The number of nitrogens with zero attached hydrogens (tertiary/aromatic N) is 8. The molecule has 0 aromatic carbocycles. The van der Waals surface area contributed by atoms with E-state index < -0.39 is 0 Å². The van der Waals surface area contributed by atoms with Crippen LogP contribution in [0.25, 0.3) is 28.6 Å². The molecular weight excluding hydrogens is 346 g/mol. The monoisotopic (exact) mass is 365 g/mol. The van der Waals surface area contributed by atoms with E-state index in [1.807, 2.05) is 23.6 Å². The molecule has 4 aromatic heterocycles. The standard InChI is InChI=1S/C17H19N9O/c1-11-9-27-8-7-25(11)17-21-15(13-4-6-20-24(13)2)26-10-18-14(16(26)22-17)12-3-5-19-23-12/h3-6,10-11H,7-9H2,1-2H3,(H,19,23). The lowest BCUT2D eigenvalue weighted by atomic mass is 10.2. The maximum Gasteiger partial charge on any atom is 0.229 e. The molecule has 0 saturated carbocycles. The SMILES string of the molecule is CC1COCCN1c1nc(-c2ccnn2C)n2cnc(-c3ccn[nH]3)c2n1. The lowest BCUT2D eigenvalue weighted by molar-refractivity contribution is 0.0981. The Morgan fingerprint density at radius 2 is 2.15 bits per heavy atom. The average molecular weight is 365 g/mol. The Morgan fingerprint density at radius 3 is 2.89 bits per heavy atom. The molecule has 0 amide bonds. The molecule has 4 aromatic rings. The van der Waals surface area contributed by atoms with Gasteiger partial charge in [0.05, 0.1) is 24.9 Å². The van der Waals surface area contributed by atoms with Crippen molar-refractivity contribution in [3.63, 3.8) is 0 Å². The van der Waals surface area contributed by atoms with Gasteiger partial charge in [-0.15, -0.1) is 0 Å². The molecule has 138 valence electrons. The van der Waals surface area contributed by atoms with Gasteiger partial charge in [-0.3, -0.25) is 14.2 Å². The summed E-state index contributed by atoms with van der Waals surface area (Å²) in [5.74, 6) is 1.41. The largest absolute Gasteiger partial charge is 0.377 e. The molecule has 1 N–H and O–H groups in total. The highest BCUT2D eigenvalue weighted by Gasteiger charge is 2.25. The predicted octanol–water partition coefficient (Wildman–Crippen LogP) is 1.14. The zero-order chi connectivity index (χ0) is 18.4. The van der Waals surface area contributed by atoms with Crippen LogP contribution in [-0.4, -0.2) is 65.1 Å². The predicted molar refractivity (Wildman–Crippen MR) is 98.2 cm³/mol. The molecule has 5 heterocycles. The van der Waals surface area contributed by atoms with Crippen molar-refractivity contribution < 1.29 is 4.74 Å². The Bertz CT molecular complexity index is 1080. The van der Waals surface area contributed by atoms with E-state index in [9.17, 15) is 0 Å². The second-order valence-electron chi connectivity index (χ2n) is 6.56. The minimum absolute atomic E-state index is 0.194. The molecule has 0 radical (unpaired) electrons. The number of aromatic amines is 1. The van der Waals surface area contributed by atoms with Crippen LogP contribution in [0.3, 0.4) is 0 Å². The van der Waals surface area contributed by atoms with E-state index in [1.165, 1.54) is 0 Å². The van der Waals surface area contributed by atoms with Crippen LogP contribution in [0.1, 0.15) is 6.92 Å². The number of imidazole rings is 1. The van der Waals surface area contributed by atoms with Gasteiger partial charge in [-0.25, -0.2) is 4.98 Å². The van der Waals surface area contributed by atoms with Crippen LogP contribution in [0.4, 0.5) is 5.95 Å². The van der Waals surface area contributed by atoms with E-state index in [1.54, 1.807) is 23.4 Å². The fourth-order valence-electron chi connectivity index (χ4n) is 3.38. The Labute approximate surface area is 154 Å². The molecule has 0 bridgehead atoms. The smallest absolute Gasteiger partial charge is 0.229 e. The van der Waals surface area contributed by atoms with Gasteiger partial charge in [0.1, 0.15) is 17.7 Å². The summed E-state index contributed by atoms with van der Waals surface area (Å²) in [5, 5.41) is 11.3. The van der Waals surface area contributed by atoms with E-state index in [0.29, 0.717) is 19.2 Å². The van der Waals surface area contributed by atoms with E-state index in [2.05, 4.69) is 32.1 Å². The number of morpholine rings is 1. The first-order valence-corrected chi connectivity index (χ1v) is 8.80. The van der Waals surface area contributed by atoms with Crippen molar-refractivity contribution in [2.24, 2.45) is 7.05 Å². The van der Waals surface area contributed by atoms with Crippen molar-refractivity contribution in [3.8, 4) is 22.9 Å². The van der Waals surface area contributed by atoms with Gasteiger partial charge in [-0.05, 0) is 19.1 Å². The van der Waals surface area contributed by atoms with Crippen molar-refractivity contribution >= 4 is 11.6 Å². The Hall–Kier alpha value is -3.27. The molecule has 10 nitrogen and oxygen atoms in total. The summed E-state index contributed by atoms with van der Waals surface area (Å²) in [6.07, 6.45) is 5.20. The molecule has 1 aliphatic rings. The van der Waals surface area contributed by atoms with E-state index in [4.69, 9.17) is 14.7 Å². The molecule has 1 unspecified atom stereocenters. The summed E-state index contributed by atoms with van der Waals surface area (Å²) in [4.78, 5) is 16.4. The number of rotatable bonds is 3. The van der Waals surface area contributed by atoms with Crippen molar-refractivity contribution in [1.29, 1.82) is 0 Å². The number of H-pyrrole nitrogens is 1. The van der Waals surface area contributed by atoms with Gasteiger partial charge in [-0.1, -0.05) is 0 Å². The molecule has 1 saturated heterocycles. The molecule has 10 heteroatoms. The molecule has 1 aliphatic heterocycles. The lowest BCUT2D eigenvalue weighted by Gasteiger charge is -2.33. The minimum atomic E-state index is 0.194. The average Bonchev–Trinajstić information content (AvgIpc) is 3.41. The third-order valence-corrected chi connectivity index (χ3v) is 4.81. The second kappa shape index (κ2) is 6.16. The van der Waals surface area contributed by atoms with Crippen LogP contribution in [0.2, 0.25) is 0 Å². The number of aryl methyl sites for hydroxylation is 1. The van der Waals surface area contributed by atoms with Crippen LogP contribution in [-0.2, 0) is 11.8 Å². The number of ether oxygens (including phenoxy) is 1. The van der Waals surface area contributed by atoms with E-state index >= 15 is 0 Å². The number of aromatic nitrogens is 8. The molecule has 5 rings (SSSR count). The summed E-state index contributed by atoms with van der Waals surface area (Å²) < 4.78 is 9.25. The zero-order valence-corrected chi connectivity index (χ0v) is 15.1. The van der Waals surface area contributed by atoms with Gasteiger partial charge in [0.2, 0.25) is 5.95 Å². The fourth-order valence-corrected chi connectivity index (χ4v) is 3.38. The maximum absolute atomic E-state index is 5.57. The number of hydrogen-bond acceptors (Lipinski definition) is 7. The van der Waals surface area contributed by atoms with Crippen molar-refractivity contribution in [3.05, 3.63) is 30.9 Å². The Balaban J connectivity index is 1.76. The molecule has 1 atom stereocenters. The second-order valence-corrected chi connectivity index (χ2v) is 6.56. The molecule has 0 aliphatic carbocycles. The molecule has 0 spiro atoms. The van der Waals surface area contributed by atoms with Crippen LogP contribution < -0.4 is 4.90 Å². The third kappa shape index (κ3) is 2.56. The van der Waals surface area contributed by atoms with Crippen molar-refractivity contribution in [2.45, 2.75) is 13.0 Å². The van der Waals surface area contributed by atoms with Gasteiger partial charge < -0.3 is 9.64 Å². The molecular formula is C17H19N9O. The first-order chi connectivity index (χ1) is 13.2. The van der Waals surface area contributed by atoms with Crippen molar-refractivity contribution in [2.75, 3.05) is 24.7 Å². The van der Waals surface area contributed by atoms with E-state index in [-0.39, 0.29) is 6.04 Å². The number of anilines is 1. The van der Waals surface area contributed by atoms with Gasteiger partial charge in [0.15, 0.2) is 11.5 Å². The minimum Gasteiger partial charge on any atom is -0.377 e. The Morgan fingerprint density at radius 1 is 1.22 bits per heavy atom. The van der Waals surface area contributed by atoms with Gasteiger partial charge in [0, 0.05) is 26.0 Å². The summed E-state index contributed by atoms with van der Waals surface area (Å²) >= 11 is 0. The van der Waals surface area contributed by atoms with Crippen molar-refractivity contribution in [1.82, 2.24) is 39.3 Å². The van der Waals surface area contributed by atoms with Crippen LogP contribution in [0, 0.1) is 0 Å². The van der Waals surface area contributed by atoms with Crippen LogP contribution >= 0.6 is 0 Å². The first kappa shape index (κ1) is 15.9. The highest BCUT2D eigenvalue weighted by Crippen LogP contribution is 2.27. The summed E-state index contributed by atoms with van der Waals surface area (Å²) in [6.45, 7) is 4.17. The number of fused-ring (bicyclic) bond motifs is 1. The summed E-state index contributed by atoms with van der Waals surface area (Å²) in [5.41, 5.74) is 3.16. The molecule has 1 fully saturated rings. The summed E-state index contributed by atoms with van der Waals surface area (Å²) in [7, 11) is 1.90. The van der Waals surface area contributed by atoms with Gasteiger partial charge >= 0.3 is 0 Å². The Kier molecular flexibility index (Phi) is 3.64. The third-order valence-electron chi connectivity index (χ3n) is 4.81. The maximum atomic E-state index is 5.57. The molecule has 27 heavy (non-hydrogen) atoms. The first-order valence-electron chi connectivity index (χ1n) is 8.80.